The van der Waals surface area contributed by atoms with Crippen LogP contribution in [0.2, 0.25) is 0 Å². The molecule has 0 atom stereocenters. The van der Waals surface area contributed by atoms with Crippen molar-refractivity contribution < 1.29 is 39.9 Å². The molecule has 0 aliphatic carbocycles. The van der Waals surface area contributed by atoms with E-state index in [-0.39, 0.29) is 50.8 Å². The number of benzene rings is 1. The number of aromatic carboxylic acids is 1. The van der Waals surface area contributed by atoms with E-state index in [1.807, 2.05) is 0 Å². The molecule has 2 aromatic heterocycles. The van der Waals surface area contributed by atoms with Gasteiger partial charge in [-0.2, -0.15) is 0 Å². The first-order valence-electron chi connectivity index (χ1n) is 10.2. The van der Waals surface area contributed by atoms with Gasteiger partial charge in [0, 0.05) is 22.5 Å². The van der Waals surface area contributed by atoms with Crippen molar-refractivity contribution in [1.29, 1.82) is 0 Å². The molecule has 0 spiro atoms. The molecule has 0 unspecified atom stereocenters. The molecule has 2 heterocycles. The molecule has 182 valence electrons. The third kappa shape index (κ3) is 6.43. The third-order valence-corrected chi connectivity index (χ3v) is 4.73. The van der Waals surface area contributed by atoms with Crippen LogP contribution in [0.25, 0.3) is 0 Å². The molecule has 0 saturated heterocycles. The lowest BCUT2D eigenvalue weighted by Gasteiger charge is -2.12. The van der Waals surface area contributed by atoms with Crippen LogP contribution >= 0.6 is 0 Å². The Labute approximate surface area is 198 Å². The maximum atomic E-state index is 12.7. The average Bonchev–Trinajstić information content (AvgIpc) is 2.87. The molecule has 0 saturated carbocycles. The zero-order valence-electron chi connectivity index (χ0n) is 18.2. The molecular formula is C23H22N4O8. The minimum Gasteiger partial charge on any atom is -0.478 e. The van der Waals surface area contributed by atoms with Gasteiger partial charge in [-0.1, -0.05) is 0 Å². The van der Waals surface area contributed by atoms with Crippen LogP contribution in [-0.2, 0) is 26.4 Å². The number of hydrogen-bond donors (Lipinski definition) is 7. The number of pyridine rings is 2. The van der Waals surface area contributed by atoms with Crippen molar-refractivity contribution in [1.82, 2.24) is 9.97 Å². The third-order valence-electron chi connectivity index (χ3n) is 4.73. The van der Waals surface area contributed by atoms with Gasteiger partial charge >= 0.3 is 5.97 Å². The second-order valence-electron chi connectivity index (χ2n) is 7.32. The van der Waals surface area contributed by atoms with Crippen LogP contribution < -0.4 is 10.6 Å². The standard InChI is InChI=1S/C23H22N4O8/c28-8-17-1-12(2-18(9-29)24-17)21(32)26-15-5-14(23(34)35)6-16(7-15)27-22(33)13-3-19(10-30)25-20(4-13)11-31/h1-7,28-31H,8-11H2,(H,26,32)(H,27,33)(H,34,35). The number of aliphatic hydroxyl groups excluding tert-OH is 4. The SMILES string of the molecule is O=C(O)c1cc(NC(=O)c2cc(CO)nc(CO)c2)cc(NC(=O)c2cc(CO)nc(CO)c2)c1. The van der Waals surface area contributed by atoms with Gasteiger partial charge in [0.25, 0.3) is 11.8 Å². The van der Waals surface area contributed by atoms with E-state index in [1.54, 1.807) is 0 Å². The Morgan fingerprint density at radius 3 is 1.20 bits per heavy atom. The highest BCUT2D eigenvalue weighted by atomic mass is 16.4. The highest BCUT2D eigenvalue weighted by Gasteiger charge is 2.15. The van der Waals surface area contributed by atoms with Crippen molar-refractivity contribution in [2.45, 2.75) is 26.4 Å². The monoisotopic (exact) mass is 482 g/mol. The molecular weight excluding hydrogens is 460 g/mol. The number of carbonyl (C=O) groups is 3. The van der Waals surface area contributed by atoms with E-state index < -0.39 is 44.2 Å². The number of anilines is 2. The number of carboxylic acids is 1. The first-order chi connectivity index (χ1) is 16.8. The highest BCUT2D eigenvalue weighted by Crippen LogP contribution is 2.22. The minimum absolute atomic E-state index is 0.0555. The molecule has 1 aromatic carbocycles. The number of nitrogens with zero attached hydrogens (tertiary/aromatic N) is 2. The molecule has 12 nitrogen and oxygen atoms in total. The Morgan fingerprint density at radius 2 is 0.914 bits per heavy atom. The second kappa shape index (κ2) is 11.3. The largest absolute Gasteiger partial charge is 0.478 e. The van der Waals surface area contributed by atoms with Gasteiger partial charge in [-0.3, -0.25) is 19.6 Å². The van der Waals surface area contributed by atoms with Gasteiger partial charge < -0.3 is 36.2 Å². The van der Waals surface area contributed by atoms with E-state index in [0.717, 1.165) is 0 Å². The van der Waals surface area contributed by atoms with E-state index in [4.69, 9.17) is 0 Å². The summed E-state index contributed by atoms with van der Waals surface area (Å²) in [5.74, 6) is -2.63. The number of aliphatic hydroxyl groups is 4. The van der Waals surface area contributed by atoms with Gasteiger partial charge in [-0.15, -0.1) is 0 Å². The van der Waals surface area contributed by atoms with E-state index in [9.17, 15) is 39.9 Å². The first-order valence-corrected chi connectivity index (χ1v) is 10.2. The number of rotatable bonds is 9. The lowest BCUT2D eigenvalue weighted by atomic mass is 10.1. The molecule has 3 rings (SSSR count). The predicted molar refractivity (Wildman–Crippen MR) is 121 cm³/mol. The van der Waals surface area contributed by atoms with Crippen LogP contribution in [-0.4, -0.2) is 53.3 Å². The fourth-order valence-electron chi connectivity index (χ4n) is 3.19. The van der Waals surface area contributed by atoms with Crippen molar-refractivity contribution in [2.24, 2.45) is 0 Å². The van der Waals surface area contributed by atoms with Crippen LogP contribution in [0.3, 0.4) is 0 Å². The van der Waals surface area contributed by atoms with E-state index in [0.29, 0.717) is 0 Å². The van der Waals surface area contributed by atoms with Gasteiger partial charge in [0.15, 0.2) is 0 Å². The second-order valence-corrected chi connectivity index (χ2v) is 7.32. The molecule has 7 N–H and O–H groups in total. The van der Waals surface area contributed by atoms with Gasteiger partial charge in [0.2, 0.25) is 0 Å². The zero-order valence-corrected chi connectivity index (χ0v) is 18.2. The van der Waals surface area contributed by atoms with Crippen LogP contribution in [0, 0.1) is 0 Å². The minimum atomic E-state index is -1.31. The van der Waals surface area contributed by atoms with Crippen molar-refractivity contribution in [3.63, 3.8) is 0 Å². The summed E-state index contributed by atoms with van der Waals surface area (Å²) in [6.07, 6.45) is 0. The number of carboxylic acid groups (broad SMARTS) is 1. The van der Waals surface area contributed by atoms with Crippen molar-refractivity contribution in [3.8, 4) is 0 Å². The van der Waals surface area contributed by atoms with Crippen LogP contribution in [0.15, 0.2) is 42.5 Å². The van der Waals surface area contributed by atoms with Crippen molar-refractivity contribution in [3.05, 3.63) is 81.9 Å². The Balaban J connectivity index is 1.90. The van der Waals surface area contributed by atoms with Gasteiger partial charge in [0.1, 0.15) is 0 Å². The molecule has 0 bridgehead atoms. The molecule has 3 aromatic rings. The van der Waals surface area contributed by atoms with Gasteiger partial charge in [-0.25, -0.2) is 4.79 Å². The highest BCUT2D eigenvalue weighted by molar-refractivity contribution is 6.07. The maximum Gasteiger partial charge on any atom is 0.335 e. The molecule has 2 amide bonds. The smallest absolute Gasteiger partial charge is 0.335 e. The number of carbonyl (C=O) groups excluding carboxylic acids is 2. The summed E-state index contributed by atoms with van der Waals surface area (Å²) in [6.45, 7) is -1.82. The predicted octanol–water partition coefficient (Wildman–Crippen LogP) is 0.649. The molecule has 0 aliphatic heterocycles. The lowest BCUT2D eigenvalue weighted by Crippen LogP contribution is -2.16. The molecule has 0 radical (unpaired) electrons. The summed E-state index contributed by atoms with van der Waals surface area (Å²) >= 11 is 0. The Morgan fingerprint density at radius 1 is 0.571 bits per heavy atom. The summed E-state index contributed by atoms with van der Waals surface area (Å²) in [4.78, 5) is 45.0. The fourth-order valence-corrected chi connectivity index (χ4v) is 3.19. The molecule has 12 heteroatoms. The van der Waals surface area contributed by atoms with Crippen molar-refractivity contribution in [2.75, 3.05) is 10.6 Å². The Hall–Kier alpha value is -4.23. The Bertz CT molecular complexity index is 1150. The normalized spacial score (nSPS) is 10.6. The summed E-state index contributed by atoms with van der Waals surface area (Å²) in [5.41, 5.74) is 0.688. The van der Waals surface area contributed by atoms with Crippen LogP contribution in [0.5, 0.6) is 0 Å². The summed E-state index contributed by atoms with van der Waals surface area (Å²) in [5, 5.41) is 51.8. The lowest BCUT2D eigenvalue weighted by molar-refractivity contribution is 0.0696. The van der Waals surface area contributed by atoms with Crippen LogP contribution in [0.4, 0.5) is 11.4 Å². The summed E-state index contributed by atoms with van der Waals surface area (Å²) < 4.78 is 0. The molecule has 35 heavy (non-hydrogen) atoms. The fraction of sp³-hybridized carbons (Fsp3) is 0.174. The zero-order chi connectivity index (χ0) is 25.5. The summed E-state index contributed by atoms with van der Waals surface area (Å²) in [7, 11) is 0. The maximum absolute atomic E-state index is 12.7. The molecule has 0 fully saturated rings. The van der Waals surface area contributed by atoms with Gasteiger partial charge in [-0.05, 0) is 42.5 Å². The van der Waals surface area contributed by atoms with Gasteiger partial charge in [0.05, 0.1) is 54.8 Å². The number of amides is 2. The number of nitrogens with one attached hydrogen (secondary N) is 2. The molecule has 0 aliphatic rings. The number of hydrogen-bond acceptors (Lipinski definition) is 9. The van der Waals surface area contributed by atoms with Crippen molar-refractivity contribution >= 4 is 29.2 Å². The number of aromatic nitrogens is 2. The van der Waals surface area contributed by atoms with E-state index in [1.165, 1.54) is 42.5 Å². The van der Waals surface area contributed by atoms with Crippen LogP contribution in [0.1, 0.15) is 53.8 Å². The topological polar surface area (TPSA) is 202 Å². The van der Waals surface area contributed by atoms with E-state index in [2.05, 4.69) is 20.6 Å². The first kappa shape index (κ1) is 25.4. The Kier molecular flexibility index (Phi) is 8.17. The summed E-state index contributed by atoms with van der Waals surface area (Å²) in [6, 6.07) is 9.00. The quantitative estimate of drug-likeness (QED) is 0.227. The average molecular weight is 482 g/mol. The van der Waals surface area contributed by atoms with E-state index >= 15 is 0 Å².